The lowest BCUT2D eigenvalue weighted by Gasteiger charge is -2.22. The van der Waals surface area contributed by atoms with Crippen LogP contribution in [0.2, 0.25) is 0 Å². The fraction of sp³-hybridized carbons (Fsp3) is 0.381. The van der Waals surface area contributed by atoms with Gasteiger partial charge in [-0.25, -0.2) is 0 Å². The monoisotopic (exact) mass is 405 g/mol. The first-order valence-electron chi connectivity index (χ1n) is 9.39. The molecule has 1 heterocycles. The van der Waals surface area contributed by atoms with E-state index in [1.807, 2.05) is 30.1 Å². The maximum atomic E-state index is 12.2. The molecule has 8 heteroatoms. The Bertz CT molecular complexity index is 828. The van der Waals surface area contributed by atoms with Crippen LogP contribution in [0.3, 0.4) is 0 Å². The zero-order valence-corrected chi connectivity index (χ0v) is 16.5. The summed E-state index contributed by atoms with van der Waals surface area (Å²) in [4.78, 5) is 6.27. The number of aliphatic imine (C=N–C) groups is 1. The van der Waals surface area contributed by atoms with Gasteiger partial charge in [0.1, 0.15) is 19.0 Å². The van der Waals surface area contributed by atoms with E-state index in [2.05, 4.69) is 15.0 Å². The Kier molecular flexibility index (Phi) is 7.10. The molecule has 0 aromatic heterocycles. The summed E-state index contributed by atoms with van der Waals surface area (Å²) in [6.07, 6.45) is 0.809. The number of ether oxygens (including phenoxy) is 3. The van der Waals surface area contributed by atoms with Crippen LogP contribution in [-0.4, -0.2) is 51.3 Å². The first-order chi connectivity index (χ1) is 14.0. The van der Waals surface area contributed by atoms with E-state index in [1.54, 1.807) is 19.2 Å². The first kappa shape index (κ1) is 20.7. The minimum atomic E-state index is -2.82. The van der Waals surface area contributed by atoms with Gasteiger partial charge in [-0.15, -0.1) is 0 Å². The molecule has 3 rings (SSSR count). The van der Waals surface area contributed by atoms with Crippen LogP contribution in [0.15, 0.2) is 47.5 Å². The molecule has 0 amide bonds. The van der Waals surface area contributed by atoms with E-state index in [-0.39, 0.29) is 5.75 Å². The predicted molar refractivity (Wildman–Crippen MR) is 107 cm³/mol. The third-order valence-electron chi connectivity index (χ3n) is 4.45. The van der Waals surface area contributed by atoms with E-state index in [4.69, 9.17) is 9.47 Å². The molecule has 0 spiro atoms. The Morgan fingerprint density at radius 3 is 2.48 bits per heavy atom. The lowest BCUT2D eigenvalue weighted by Crippen LogP contribution is -2.39. The van der Waals surface area contributed by atoms with Crippen LogP contribution in [-0.2, 0) is 13.0 Å². The van der Waals surface area contributed by atoms with Gasteiger partial charge in [-0.1, -0.05) is 18.2 Å². The van der Waals surface area contributed by atoms with Crippen molar-refractivity contribution in [1.29, 1.82) is 0 Å². The second-order valence-corrected chi connectivity index (χ2v) is 6.58. The normalized spacial score (nSPS) is 13.3. The van der Waals surface area contributed by atoms with Crippen molar-refractivity contribution < 1.29 is 23.0 Å². The molecule has 0 saturated heterocycles. The zero-order chi connectivity index (χ0) is 20.6. The summed E-state index contributed by atoms with van der Waals surface area (Å²) in [5.74, 6) is 2.46. The molecule has 0 radical (unpaired) electrons. The van der Waals surface area contributed by atoms with Gasteiger partial charge in [0, 0.05) is 27.2 Å². The largest absolute Gasteiger partial charge is 0.486 e. The molecular formula is C21H25F2N3O3. The Labute approximate surface area is 169 Å². The standard InChI is InChI=1S/C21H25F2N3O3/c1-24-21(26(2)14-16-3-6-17(7-4-16)29-20(22)23)25-10-9-15-5-8-18-19(13-15)28-12-11-27-18/h3-8,13,20H,9-12,14H2,1-2H3,(H,24,25). The van der Waals surface area contributed by atoms with Crippen LogP contribution in [0.4, 0.5) is 8.78 Å². The molecule has 2 aromatic rings. The number of nitrogens with zero attached hydrogens (tertiary/aromatic N) is 2. The number of hydrogen-bond acceptors (Lipinski definition) is 4. The molecule has 1 aliphatic heterocycles. The van der Waals surface area contributed by atoms with E-state index in [0.29, 0.717) is 26.3 Å². The Morgan fingerprint density at radius 1 is 1.10 bits per heavy atom. The minimum Gasteiger partial charge on any atom is -0.486 e. The summed E-state index contributed by atoms with van der Waals surface area (Å²) < 4.78 is 40.0. The van der Waals surface area contributed by atoms with Gasteiger partial charge >= 0.3 is 6.61 Å². The van der Waals surface area contributed by atoms with E-state index >= 15 is 0 Å². The highest BCUT2D eigenvalue weighted by molar-refractivity contribution is 5.79. The molecule has 1 N–H and O–H groups in total. The summed E-state index contributed by atoms with van der Waals surface area (Å²) >= 11 is 0. The third kappa shape index (κ3) is 5.97. The van der Waals surface area contributed by atoms with Crippen molar-refractivity contribution in [3.05, 3.63) is 53.6 Å². The van der Waals surface area contributed by atoms with Crippen LogP contribution >= 0.6 is 0 Å². The highest BCUT2D eigenvalue weighted by Crippen LogP contribution is 2.30. The molecule has 0 atom stereocenters. The number of hydrogen-bond donors (Lipinski definition) is 1. The fourth-order valence-electron chi connectivity index (χ4n) is 3.07. The van der Waals surface area contributed by atoms with Crippen molar-refractivity contribution in [2.75, 3.05) is 33.9 Å². The smallest absolute Gasteiger partial charge is 0.387 e. The number of alkyl halides is 2. The number of rotatable bonds is 7. The second kappa shape index (κ2) is 9.95. The molecular weight excluding hydrogens is 380 g/mol. The Hall–Kier alpha value is -3.03. The van der Waals surface area contributed by atoms with Crippen molar-refractivity contribution in [3.63, 3.8) is 0 Å². The first-order valence-corrected chi connectivity index (χ1v) is 9.39. The van der Waals surface area contributed by atoms with Crippen LogP contribution in [0, 0.1) is 0 Å². The van der Waals surface area contributed by atoms with Crippen molar-refractivity contribution in [2.45, 2.75) is 19.6 Å². The molecule has 2 aromatic carbocycles. The SMILES string of the molecule is CN=C(NCCc1ccc2c(c1)OCCO2)N(C)Cc1ccc(OC(F)F)cc1. The van der Waals surface area contributed by atoms with E-state index in [9.17, 15) is 8.78 Å². The van der Waals surface area contributed by atoms with Crippen molar-refractivity contribution in [3.8, 4) is 17.2 Å². The summed E-state index contributed by atoms with van der Waals surface area (Å²) in [5.41, 5.74) is 2.11. The van der Waals surface area contributed by atoms with Gasteiger partial charge in [0.2, 0.25) is 0 Å². The summed E-state index contributed by atoms with van der Waals surface area (Å²) in [7, 11) is 3.64. The zero-order valence-electron chi connectivity index (χ0n) is 16.5. The number of fused-ring (bicyclic) bond motifs is 1. The van der Waals surface area contributed by atoms with Gasteiger partial charge in [-0.2, -0.15) is 8.78 Å². The topological polar surface area (TPSA) is 55.3 Å². The number of nitrogens with one attached hydrogen (secondary N) is 1. The average Bonchev–Trinajstić information content (AvgIpc) is 2.72. The van der Waals surface area contributed by atoms with Gasteiger partial charge in [0.15, 0.2) is 17.5 Å². The lowest BCUT2D eigenvalue weighted by atomic mass is 10.1. The van der Waals surface area contributed by atoms with Crippen molar-refractivity contribution in [2.24, 2.45) is 4.99 Å². The van der Waals surface area contributed by atoms with Crippen molar-refractivity contribution in [1.82, 2.24) is 10.2 Å². The van der Waals surface area contributed by atoms with Crippen molar-refractivity contribution >= 4 is 5.96 Å². The molecule has 156 valence electrons. The Morgan fingerprint density at radius 2 is 1.79 bits per heavy atom. The summed E-state index contributed by atoms with van der Waals surface area (Å²) in [5, 5.41) is 3.34. The minimum absolute atomic E-state index is 0.147. The third-order valence-corrected chi connectivity index (χ3v) is 4.45. The van der Waals surface area contributed by atoms with E-state index < -0.39 is 6.61 Å². The molecule has 0 aliphatic carbocycles. The summed E-state index contributed by atoms with van der Waals surface area (Å²) in [6.45, 7) is -0.378. The van der Waals surface area contributed by atoms with Gasteiger partial charge in [0.25, 0.3) is 0 Å². The van der Waals surface area contributed by atoms with Crippen LogP contribution in [0.25, 0.3) is 0 Å². The second-order valence-electron chi connectivity index (χ2n) is 6.58. The van der Waals surface area contributed by atoms with Crippen LogP contribution < -0.4 is 19.5 Å². The summed E-state index contributed by atoms with van der Waals surface area (Å²) in [6, 6.07) is 12.6. The predicted octanol–water partition coefficient (Wildman–Crippen LogP) is 3.31. The lowest BCUT2D eigenvalue weighted by molar-refractivity contribution is -0.0498. The molecule has 6 nitrogen and oxygen atoms in total. The van der Waals surface area contributed by atoms with Crippen LogP contribution in [0.1, 0.15) is 11.1 Å². The highest BCUT2D eigenvalue weighted by atomic mass is 19.3. The number of guanidine groups is 1. The molecule has 1 aliphatic rings. The Balaban J connectivity index is 1.49. The molecule has 0 fully saturated rings. The maximum Gasteiger partial charge on any atom is 0.387 e. The van der Waals surface area contributed by atoms with Gasteiger partial charge in [-0.05, 0) is 41.8 Å². The van der Waals surface area contributed by atoms with E-state index in [1.165, 1.54) is 12.1 Å². The van der Waals surface area contributed by atoms with Gasteiger partial charge < -0.3 is 24.4 Å². The molecule has 29 heavy (non-hydrogen) atoms. The number of benzene rings is 2. The molecule has 0 unspecified atom stereocenters. The number of halogens is 2. The molecule has 0 saturated carbocycles. The van der Waals surface area contributed by atoms with Crippen LogP contribution in [0.5, 0.6) is 17.2 Å². The van der Waals surface area contributed by atoms with Gasteiger partial charge in [0.05, 0.1) is 0 Å². The van der Waals surface area contributed by atoms with E-state index in [0.717, 1.165) is 35.0 Å². The highest BCUT2D eigenvalue weighted by Gasteiger charge is 2.12. The fourth-order valence-corrected chi connectivity index (χ4v) is 3.07. The quantitative estimate of drug-likeness (QED) is 0.566. The molecule has 0 bridgehead atoms. The average molecular weight is 405 g/mol. The van der Waals surface area contributed by atoms with Gasteiger partial charge in [-0.3, -0.25) is 4.99 Å². The maximum absolute atomic E-state index is 12.2.